The number of oxazole rings is 1. The summed E-state index contributed by atoms with van der Waals surface area (Å²) in [6.07, 6.45) is 2.61. The lowest BCUT2D eigenvalue weighted by Crippen LogP contribution is -2.33. The number of amides is 1. The van der Waals surface area contributed by atoms with Gasteiger partial charge in [-0.15, -0.1) is 0 Å². The highest BCUT2D eigenvalue weighted by molar-refractivity contribution is 6.31. The summed E-state index contributed by atoms with van der Waals surface area (Å²) >= 11 is 6.12. The lowest BCUT2D eigenvalue weighted by molar-refractivity contribution is -0.132. The molecule has 7 heteroatoms. The van der Waals surface area contributed by atoms with Gasteiger partial charge in [-0.05, 0) is 43.5 Å². The van der Waals surface area contributed by atoms with Gasteiger partial charge in [0.1, 0.15) is 5.82 Å². The first-order valence-corrected chi connectivity index (χ1v) is 9.73. The Hall–Kier alpha value is -2.60. The Morgan fingerprint density at radius 2 is 2.00 bits per heavy atom. The first kappa shape index (κ1) is 18.7. The van der Waals surface area contributed by atoms with Crippen LogP contribution in [0.3, 0.4) is 0 Å². The van der Waals surface area contributed by atoms with Gasteiger partial charge >= 0.3 is 5.76 Å². The van der Waals surface area contributed by atoms with Gasteiger partial charge in [-0.1, -0.05) is 29.8 Å². The molecule has 146 valence electrons. The second-order valence-electron chi connectivity index (χ2n) is 7.04. The number of aromatic nitrogens is 1. The van der Waals surface area contributed by atoms with Gasteiger partial charge in [-0.3, -0.25) is 9.36 Å². The third kappa shape index (κ3) is 3.83. The minimum absolute atomic E-state index is 0.0531. The van der Waals surface area contributed by atoms with Crippen LogP contribution in [0.15, 0.2) is 51.7 Å². The maximum atomic E-state index is 14.1. The predicted octanol–water partition coefficient (Wildman–Crippen LogP) is 4.36. The van der Waals surface area contributed by atoms with Crippen LogP contribution in [0.5, 0.6) is 0 Å². The smallest absolute Gasteiger partial charge is 0.408 e. The fourth-order valence-corrected chi connectivity index (χ4v) is 3.64. The molecule has 4 rings (SSSR count). The molecular formula is C21H20ClFN2O3. The number of fused-ring (bicyclic) bond motifs is 1. The zero-order valence-electron chi connectivity index (χ0n) is 15.2. The summed E-state index contributed by atoms with van der Waals surface area (Å²) in [4.78, 5) is 26.5. The summed E-state index contributed by atoms with van der Waals surface area (Å²) in [5.74, 6) is -0.879. The molecule has 1 aliphatic carbocycles. The number of carbonyl (C=O) groups is 1. The van der Waals surface area contributed by atoms with Gasteiger partial charge in [-0.25, -0.2) is 9.18 Å². The van der Waals surface area contributed by atoms with Crippen LogP contribution < -0.4 is 5.76 Å². The van der Waals surface area contributed by atoms with Crippen LogP contribution in [-0.4, -0.2) is 21.4 Å². The van der Waals surface area contributed by atoms with Crippen LogP contribution in [-0.2, 0) is 17.9 Å². The van der Waals surface area contributed by atoms with Crippen molar-refractivity contribution in [3.05, 3.63) is 69.4 Å². The Labute approximate surface area is 166 Å². The minimum atomic E-state index is -0.425. The SMILES string of the molecule is O=C(CCCn1c(=O)oc2ccccc21)N(Cc1c(F)cccc1Cl)C1CC1. The van der Waals surface area contributed by atoms with E-state index in [1.807, 2.05) is 12.1 Å². The maximum Gasteiger partial charge on any atom is 0.419 e. The molecule has 0 atom stereocenters. The summed E-state index contributed by atoms with van der Waals surface area (Å²) < 4.78 is 20.9. The molecule has 0 bridgehead atoms. The molecule has 1 heterocycles. The number of para-hydroxylation sites is 2. The number of halogens is 2. The molecule has 1 aliphatic rings. The standard InChI is InChI=1S/C21H20ClFN2O3/c22-16-5-3-6-17(23)15(16)13-25(14-10-11-14)20(26)9-4-12-24-18-7-1-2-8-19(18)28-21(24)27/h1-3,5-8,14H,4,9-13H2. The Morgan fingerprint density at radius 1 is 1.21 bits per heavy atom. The first-order chi connectivity index (χ1) is 13.5. The van der Waals surface area contributed by atoms with Crippen molar-refractivity contribution in [3.63, 3.8) is 0 Å². The van der Waals surface area contributed by atoms with Crippen molar-refractivity contribution in [3.8, 4) is 0 Å². The van der Waals surface area contributed by atoms with E-state index >= 15 is 0 Å². The van der Waals surface area contributed by atoms with E-state index in [1.165, 1.54) is 10.6 Å². The number of nitrogens with zero attached hydrogens (tertiary/aromatic N) is 2. The van der Waals surface area contributed by atoms with Gasteiger partial charge in [0.15, 0.2) is 5.58 Å². The summed E-state index contributed by atoms with van der Waals surface area (Å²) in [6.45, 7) is 0.560. The Bertz CT molecular complexity index is 1050. The van der Waals surface area contributed by atoms with Crippen LogP contribution in [0.1, 0.15) is 31.2 Å². The van der Waals surface area contributed by atoms with Crippen LogP contribution in [0.25, 0.3) is 11.1 Å². The lowest BCUT2D eigenvalue weighted by Gasteiger charge is -2.23. The molecule has 1 fully saturated rings. The van der Waals surface area contributed by atoms with Crippen LogP contribution in [0.2, 0.25) is 5.02 Å². The lowest BCUT2D eigenvalue weighted by atomic mass is 10.1. The largest absolute Gasteiger partial charge is 0.419 e. The van der Waals surface area contributed by atoms with Gasteiger partial charge in [0.05, 0.1) is 12.1 Å². The zero-order chi connectivity index (χ0) is 19.7. The molecule has 5 nitrogen and oxygen atoms in total. The molecule has 28 heavy (non-hydrogen) atoms. The van der Waals surface area contributed by atoms with Crippen molar-refractivity contribution >= 4 is 28.6 Å². The van der Waals surface area contributed by atoms with Crippen molar-refractivity contribution in [2.45, 2.75) is 44.8 Å². The number of benzene rings is 2. The fourth-order valence-electron chi connectivity index (χ4n) is 3.42. The Kier molecular flexibility index (Phi) is 5.22. The van der Waals surface area contributed by atoms with Gasteiger partial charge < -0.3 is 9.32 Å². The van der Waals surface area contributed by atoms with Crippen molar-refractivity contribution in [1.82, 2.24) is 9.47 Å². The minimum Gasteiger partial charge on any atom is -0.408 e. The molecule has 0 radical (unpaired) electrons. The van der Waals surface area contributed by atoms with Gasteiger partial charge in [0.25, 0.3) is 0 Å². The quantitative estimate of drug-likeness (QED) is 0.590. The highest BCUT2D eigenvalue weighted by atomic mass is 35.5. The van der Waals surface area contributed by atoms with E-state index in [1.54, 1.807) is 29.2 Å². The predicted molar refractivity (Wildman–Crippen MR) is 105 cm³/mol. The molecular weight excluding hydrogens is 383 g/mol. The van der Waals surface area contributed by atoms with E-state index in [9.17, 15) is 14.0 Å². The summed E-state index contributed by atoms with van der Waals surface area (Å²) in [5.41, 5.74) is 1.60. The number of rotatable bonds is 7. The van der Waals surface area contributed by atoms with Gasteiger partial charge in [-0.2, -0.15) is 0 Å². The molecule has 1 amide bonds. The molecule has 3 aromatic rings. The highest BCUT2D eigenvalue weighted by Crippen LogP contribution is 2.31. The average molecular weight is 403 g/mol. The Morgan fingerprint density at radius 3 is 2.75 bits per heavy atom. The van der Waals surface area contributed by atoms with Crippen molar-refractivity contribution in [1.29, 1.82) is 0 Å². The van der Waals surface area contributed by atoms with E-state index in [4.69, 9.17) is 16.0 Å². The molecule has 1 saturated carbocycles. The molecule has 0 saturated heterocycles. The second-order valence-corrected chi connectivity index (χ2v) is 7.45. The Balaban J connectivity index is 1.43. The van der Waals surface area contributed by atoms with Crippen molar-refractivity contribution in [2.24, 2.45) is 0 Å². The van der Waals surface area contributed by atoms with Crippen LogP contribution >= 0.6 is 11.6 Å². The van der Waals surface area contributed by atoms with Gasteiger partial charge in [0, 0.05) is 29.6 Å². The average Bonchev–Trinajstić information content (AvgIpc) is 3.45. The molecule has 0 unspecified atom stereocenters. The zero-order valence-corrected chi connectivity index (χ0v) is 16.0. The first-order valence-electron chi connectivity index (χ1n) is 9.35. The number of hydrogen-bond donors (Lipinski definition) is 0. The van der Waals surface area contributed by atoms with Crippen molar-refractivity contribution in [2.75, 3.05) is 0 Å². The van der Waals surface area contributed by atoms with E-state index in [0.29, 0.717) is 29.1 Å². The molecule has 1 aromatic heterocycles. The fraction of sp³-hybridized carbons (Fsp3) is 0.333. The third-order valence-electron chi connectivity index (χ3n) is 5.04. The van der Waals surface area contributed by atoms with Crippen molar-refractivity contribution < 1.29 is 13.6 Å². The maximum absolute atomic E-state index is 14.1. The third-order valence-corrected chi connectivity index (χ3v) is 5.40. The number of hydrogen-bond acceptors (Lipinski definition) is 3. The molecule has 0 aliphatic heterocycles. The monoisotopic (exact) mass is 402 g/mol. The molecule has 0 spiro atoms. The van der Waals surface area contributed by atoms with E-state index < -0.39 is 11.6 Å². The van der Waals surface area contributed by atoms with E-state index in [0.717, 1.165) is 18.4 Å². The normalized spacial score (nSPS) is 13.8. The van der Waals surface area contributed by atoms with Crippen LogP contribution in [0.4, 0.5) is 4.39 Å². The summed E-state index contributed by atoms with van der Waals surface area (Å²) in [7, 11) is 0. The summed E-state index contributed by atoms with van der Waals surface area (Å²) in [5, 5.41) is 0.329. The number of carbonyl (C=O) groups excluding carboxylic acids is 1. The van der Waals surface area contributed by atoms with Gasteiger partial charge in [0.2, 0.25) is 5.91 Å². The summed E-state index contributed by atoms with van der Waals surface area (Å²) in [6, 6.07) is 11.9. The van der Waals surface area contributed by atoms with E-state index in [-0.39, 0.29) is 24.9 Å². The second kappa shape index (κ2) is 7.80. The highest BCUT2D eigenvalue weighted by Gasteiger charge is 2.33. The van der Waals surface area contributed by atoms with Crippen LogP contribution in [0, 0.1) is 5.82 Å². The topological polar surface area (TPSA) is 55.5 Å². The molecule has 2 aromatic carbocycles. The number of aryl methyl sites for hydroxylation is 1. The molecule has 0 N–H and O–H groups in total. The van der Waals surface area contributed by atoms with E-state index in [2.05, 4.69) is 0 Å².